The molecule has 0 spiro atoms. The Balaban J connectivity index is 2.29. The number of carbonyl (C=O) groups excluding carboxylic acids is 1. The minimum atomic E-state index is 0.422. The Kier molecular flexibility index (Phi) is 3.10. The van der Waals surface area contributed by atoms with E-state index in [2.05, 4.69) is 17.0 Å². The molecule has 1 unspecified atom stereocenters. The number of nitrogens with zero attached hydrogens (tertiary/aromatic N) is 3. The van der Waals surface area contributed by atoms with Crippen molar-refractivity contribution in [1.82, 2.24) is 14.7 Å². The second-order valence-electron chi connectivity index (χ2n) is 4.71. The lowest BCUT2D eigenvalue weighted by Crippen LogP contribution is -2.34. The second kappa shape index (κ2) is 4.37. The van der Waals surface area contributed by atoms with E-state index < -0.39 is 0 Å². The van der Waals surface area contributed by atoms with E-state index in [0.717, 1.165) is 42.7 Å². The molecule has 1 aromatic heterocycles. The van der Waals surface area contributed by atoms with Gasteiger partial charge >= 0.3 is 0 Å². The lowest BCUT2D eigenvalue weighted by Gasteiger charge is -2.30. The molecular weight excluding hydrogens is 202 g/mol. The first-order valence-corrected chi connectivity index (χ1v) is 5.83. The van der Waals surface area contributed by atoms with Gasteiger partial charge in [-0.1, -0.05) is 0 Å². The Morgan fingerprint density at radius 2 is 2.19 bits per heavy atom. The van der Waals surface area contributed by atoms with Crippen LogP contribution in [-0.2, 0) is 0 Å². The van der Waals surface area contributed by atoms with Crippen molar-refractivity contribution in [3.05, 3.63) is 17.0 Å². The van der Waals surface area contributed by atoms with Crippen molar-refractivity contribution >= 4 is 6.29 Å². The molecule has 0 saturated carbocycles. The number of hydrogen-bond acceptors (Lipinski definition) is 3. The van der Waals surface area contributed by atoms with Gasteiger partial charge in [0.15, 0.2) is 6.29 Å². The third-order valence-corrected chi connectivity index (χ3v) is 3.44. The van der Waals surface area contributed by atoms with E-state index in [0.29, 0.717) is 6.04 Å². The monoisotopic (exact) mass is 221 g/mol. The fourth-order valence-corrected chi connectivity index (χ4v) is 2.54. The van der Waals surface area contributed by atoms with Gasteiger partial charge in [-0.25, -0.2) is 0 Å². The van der Waals surface area contributed by atoms with Crippen LogP contribution in [0.15, 0.2) is 0 Å². The van der Waals surface area contributed by atoms with Crippen LogP contribution in [0.25, 0.3) is 0 Å². The molecule has 0 N–H and O–H groups in total. The number of likely N-dealkylation sites (tertiary alicyclic amines) is 1. The van der Waals surface area contributed by atoms with E-state index in [4.69, 9.17) is 0 Å². The average Bonchev–Trinajstić information content (AvgIpc) is 2.54. The van der Waals surface area contributed by atoms with Crippen LogP contribution in [0, 0.1) is 13.8 Å². The van der Waals surface area contributed by atoms with Crippen LogP contribution >= 0.6 is 0 Å². The van der Waals surface area contributed by atoms with Crippen molar-refractivity contribution in [2.45, 2.75) is 32.7 Å². The molecule has 0 bridgehead atoms. The van der Waals surface area contributed by atoms with Gasteiger partial charge in [0.25, 0.3) is 0 Å². The molecule has 2 heterocycles. The van der Waals surface area contributed by atoms with Crippen molar-refractivity contribution in [3.8, 4) is 0 Å². The molecule has 88 valence electrons. The Hall–Kier alpha value is -1.16. The van der Waals surface area contributed by atoms with Crippen LogP contribution in [0.2, 0.25) is 0 Å². The zero-order valence-electron chi connectivity index (χ0n) is 10.2. The summed E-state index contributed by atoms with van der Waals surface area (Å²) >= 11 is 0. The van der Waals surface area contributed by atoms with E-state index >= 15 is 0 Å². The summed E-state index contributed by atoms with van der Waals surface area (Å²) in [6.07, 6.45) is 3.28. The SMILES string of the molecule is Cc1nn(C2CCCN(C)C2)c(C)c1C=O. The highest BCUT2D eigenvalue weighted by Gasteiger charge is 2.22. The van der Waals surface area contributed by atoms with Crippen LogP contribution in [0.3, 0.4) is 0 Å². The number of aryl methyl sites for hydroxylation is 1. The minimum absolute atomic E-state index is 0.422. The van der Waals surface area contributed by atoms with Gasteiger partial charge in [-0.3, -0.25) is 9.48 Å². The molecule has 1 fully saturated rings. The number of hydrogen-bond donors (Lipinski definition) is 0. The maximum atomic E-state index is 10.9. The Labute approximate surface area is 96.2 Å². The normalized spacial score (nSPS) is 22.3. The first kappa shape index (κ1) is 11.3. The van der Waals surface area contributed by atoms with Crippen molar-refractivity contribution in [2.75, 3.05) is 20.1 Å². The standard InChI is InChI=1S/C12H19N3O/c1-9-12(8-16)10(2)15(13-9)11-5-4-6-14(3)7-11/h8,11H,4-7H2,1-3H3. The first-order valence-electron chi connectivity index (χ1n) is 5.83. The number of likely N-dealkylation sites (N-methyl/N-ethyl adjacent to an activating group) is 1. The molecule has 4 heteroatoms. The smallest absolute Gasteiger partial charge is 0.153 e. The summed E-state index contributed by atoms with van der Waals surface area (Å²) in [4.78, 5) is 13.3. The Morgan fingerprint density at radius 1 is 1.44 bits per heavy atom. The quantitative estimate of drug-likeness (QED) is 0.712. The van der Waals surface area contributed by atoms with Gasteiger partial charge in [0.2, 0.25) is 0 Å². The molecule has 0 aromatic carbocycles. The minimum Gasteiger partial charge on any atom is -0.304 e. The lowest BCUT2D eigenvalue weighted by atomic mass is 10.1. The fraction of sp³-hybridized carbons (Fsp3) is 0.667. The van der Waals surface area contributed by atoms with Crippen molar-refractivity contribution in [1.29, 1.82) is 0 Å². The second-order valence-corrected chi connectivity index (χ2v) is 4.71. The zero-order chi connectivity index (χ0) is 11.7. The van der Waals surface area contributed by atoms with E-state index in [9.17, 15) is 4.79 Å². The fourth-order valence-electron chi connectivity index (χ4n) is 2.54. The molecule has 16 heavy (non-hydrogen) atoms. The van der Waals surface area contributed by atoms with Gasteiger partial charge < -0.3 is 4.90 Å². The molecule has 1 atom stereocenters. The molecule has 0 radical (unpaired) electrons. The van der Waals surface area contributed by atoms with Crippen molar-refractivity contribution in [2.24, 2.45) is 0 Å². The van der Waals surface area contributed by atoms with Crippen molar-refractivity contribution < 1.29 is 4.79 Å². The van der Waals surface area contributed by atoms with E-state index in [1.54, 1.807) is 0 Å². The Bertz CT molecular complexity index is 397. The predicted molar refractivity (Wildman–Crippen MR) is 62.9 cm³/mol. The molecule has 1 aliphatic heterocycles. The number of rotatable bonds is 2. The molecule has 1 saturated heterocycles. The third kappa shape index (κ3) is 1.89. The summed E-state index contributed by atoms with van der Waals surface area (Å²) in [5.74, 6) is 0. The predicted octanol–water partition coefficient (Wildman–Crippen LogP) is 1.58. The average molecular weight is 221 g/mol. The molecule has 1 aromatic rings. The van der Waals surface area contributed by atoms with E-state index in [1.807, 2.05) is 18.5 Å². The maximum Gasteiger partial charge on any atom is 0.153 e. The topological polar surface area (TPSA) is 38.1 Å². The molecule has 0 amide bonds. The van der Waals surface area contributed by atoms with E-state index in [-0.39, 0.29) is 0 Å². The van der Waals surface area contributed by atoms with Gasteiger partial charge in [0, 0.05) is 12.2 Å². The van der Waals surface area contributed by atoms with Crippen LogP contribution in [-0.4, -0.2) is 41.1 Å². The third-order valence-electron chi connectivity index (χ3n) is 3.44. The largest absolute Gasteiger partial charge is 0.304 e. The number of aromatic nitrogens is 2. The number of piperidine rings is 1. The highest BCUT2D eigenvalue weighted by atomic mass is 16.1. The first-order chi connectivity index (χ1) is 7.63. The van der Waals surface area contributed by atoms with Crippen LogP contribution in [0.1, 0.15) is 40.6 Å². The van der Waals surface area contributed by atoms with Gasteiger partial charge in [0.05, 0.1) is 17.3 Å². The zero-order valence-corrected chi connectivity index (χ0v) is 10.2. The van der Waals surface area contributed by atoms with Crippen LogP contribution < -0.4 is 0 Å². The van der Waals surface area contributed by atoms with Gasteiger partial charge in [-0.15, -0.1) is 0 Å². The van der Waals surface area contributed by atoms with Gasteiger partial charge in [0.1, 0.15) is 0 Å². The number of aldehydes is 1. The molecule has 1 aliphatic rings. The van der Waals surface area contributed by atoms with E-state index in [1.165, 1.54) is 6.42 Å². The molecule has 0 aliphatic carbocycles. The van der Waals surface area contributed by atoms with Gasteiger partial charge in [-0.05, 0) is 40.3 Å². The Morgan fingerprint density at radius 3 is 2.75 bits per heavy atom. The summed E-state index contributed by atoms with van der Waals surface area (Å²) in [7, 11) is 2.14. The summed E-state index contributed by atoms with van der Waals surface area (Å²) in [5, 5.41) is 4.50. The highest BCUT2D eigenvalue weighted by Crippen LogP contribution is 2.23. The summed E-state index contributed by atoms with van der Waals surface area (Å²) in [6.45, 7) is 6.08. The summed E-state index contributed by atoms with van der Waals surface area (Å²) in [5.41, 5.74) is 2.61. The van der Waals surface area contributed by atoms with Crippen molar-refractivity contribution in [3.63, 3.8) is 0 Å². The highest BCUT2D eigenvalue weighted by molar-refractivity contribution is 5.78. The summed E-state index contributed by atoms with van der Waals surface area (Å²) < 4.78 is 2.04. The lowest BCUT2D eigenvalue weighted by molar-refractivity contribution is 0.112. The van der Waals surface area contributed by atoms with Crippen LogP contribution in [0.5, 0.6) is 0 Å². The van der Waals surface area contributed by atoms with Crippen LogP contribution in [0.4, 0.5) is 0 Å². The molecule has 2 rings (SSSR count). The molecule has 4 nitrogen and oxygen atoms in total. The summed E-state index contributed by atoms with van der Waals surface area (Å²) in [6, 6.07) is 0.422. The molecular formula is C12H19N3O. The van der Waals surface area contributed by atoms with Gasteiger partial charge in [-0.2, -0.15) is 5.10 Å². The maximum absolute atomic E-state index is 10.9. The number of carbonyl (C=O) groups is 1.